The third-order valence-electron chi connectivity index (χ3n) is 7.13. The number of alkyl halides is 3. The summed E-state index contributed by atoms with van der Waals surface area (Å²) in [5.41, 5.74) is -1.56. The molecule has 198 valence electrons. The van der Waals surface area contributed by atoms with Gasteiger partial charge in [-0.05, 0) is 57.7 Å². The molecule has 2 aliphatic rings. The van der Waals surface area contributed by atoms with Gasteiger partial charge in [0.2, 0.25) is 0 Å². The van der Waals surface area contributed by atoms with Crippen LogP contribution in [0.25, 0.3) is 22.0 Å². The number of nitrogens with one attached hydrogen (secondary N) is 1. The summed E-state index contributed by atoms with van der Waals surface area (Å²) in [7, 11) is 3.67. The highest BCUT2D eigenvalue weighted by molar-refractivity contribution is 8.00. The number of piperidine rings is 1. The summed E-state index contributed by atoms with van der Waals surface area (Å²) in [5, 5.41) is 3.26. The molecule has 3 atom stereocenters. The molecule has 5 nitrogen and oxygen atoms in total. The summed E-state index contributed by atoms with van der Waals surface area (Å²) in [5.74, 6) is -2.11. The van der Waals surface area contributed by atoms with Gasteiger partial charge in [-0.3, -0.25) is 4.57 Å². The second-order valence-electron chi connectivity index (χ2n) is 10.1. The van der Waals surface area contributed by atoms with E-state index in [9.17, 15) is 22.4 Å². The molecule has 1 unspecified atom stereocenters. The van der Waals surface area contributed by atoms with E-state index >= 15 is 4.39 Å². The van der Waals surface area contributed by atoms with E-state index in [0.717, 1.165) is 18.2 Å². The van der Waals surface area contributed by atoms with Gasteiger partial charge < -0.3 is 10.2 Å². The van der Waals surface area contributed by atoms with Crippen molar-refractivity contribution in [2.24, 2.45) is 5.92 Å². The molecule has 0 bridgehead atoms. The zero-order chi connectivity index (χ0) is 26.6. The molecule has 0 saturated carbocycles. The van der Waals surface area contributed by atoms with Gasteiger partial charge in [-0.25, -0.2) is 13.6 Å². The van der Waals surface area contributed by atoms with Crippen LogP contribution in [0.4, 0.5) is 22.0 Å². The minimum absolute atomic E-state index is 0.0591. The van der Waals surface area contributed by atoms with Gasteiger partial charge in [-0.15, -0.1) is 11.8 Å². The second kappa shape index (κ2) is 9.67. The lowest BCUT2D eigenvalue weighted by molar-refractivity contribution is -0.137. The SMILES string of the molecule is C[C@H]1CNCCC1c1nc(=O)n2c3c(c(-c4ccc(F)cc4F)c(C(F)(F)F)cc13)S[C@H](CN(C)C)C2. The van der Waals surface area contributed by atoms with Crippen molar-refractivity contribution in [3.8, 4) is 11.1 Å². The first-order valence-electron chi connectivity index (χ1n) is 12.1. The van der Waals surface area contributed by atoms with Gasteiger partial charge in [0.15, 0.2) is 0 Å². The minimum Gasteiger partial charge on any atom is -0.316 e. The van der Waals surface area contributed by atoms with Gasteiger partial charge in [0.05, 0.1) is 16.8 Å². The number of halogens is 5. The number of benzene rings is 2. The van der Waals surface area contributed by atoms with Crippen LogP contribution in [-0.4, -0.2) is 53.4 Å². The predicted octanol–water partition coefficient (Wildman–Crippen LogP) is 5.11. The van der Waals surface area contributed by atoms with Crippen molar-refractivity contribution in [1.29, 1.82) is 0 Å². The number of hydrogen-bond donors (Lipinski definition) is 1. The van der Waals surface area contributed by atoms with Crippen LogP contribution in [0.1, 0.15) is 30.5 Å². The van der Waals surface area contributed by atoms with Gasteiger partial charge in [0, 0.05) is 51.7 Å². The Labute approximate surface area is 215 Å². The fourth-order valence-corrected chi connectivity index (χ4v) is 7.11. The minimum atomic E-state index is -4.83. The van der Waals surface area contributed by atoms with Crippen molar-refractivity contribution in [2.45, 2.75) is 42.1 Å². The van der Waals surface area contributed by atoms with Crippen LogP contribution in [0.3, 0.4) is 0 Å². The Hall–Kier alpha value is -2.50. The molecule has 3 heterocycles. The van der Waals surface area contributed by atoms with E-state index in [1.165, 1.54) is 16.3 Å². The Balaban J connectivity index is 1.90. The number of thioether (sulfide) groups is 1. The molecule has 3 aromatic rings. The van der Waals surface area contributed by atoms with E-state index in [1.54, 1.807) is 0 Å². The van der Waals surface area contributed by atoms with E-state index in [0.29, 0.717) is 43.3 Å². The molecule has 0 radical (unpaired) electrons. The molecule has 1 N–H and O–H groups in total. The summed E-state index contributed by atoms with van der Waals surface area (Å²) in [6.45, 7) is 4.05. The van der Waals surface area contributed by atoms with E-state index in [-0.39, 0.29) is 45.0 Å². The number of nitrogens with zero attached hydrogens (tertiary/aromatic N) is 3. The summed E-state index contributed by atoms with van der Waals surface area (Å²) >= 11 is 1.21. The van der Waals surface area contributed by atoms with Crippen molar-refractivity contribution >= 4 is 22.7 Å². The molecular formula is C26H27F5N4OS. The molecule has 5 rings (SSSR count). The molecule has 11 heteroatoms. The topological polar surface area (TPSA) is 50.2 Å². The maximum absolute atomic E-state index is 15.0. The molecule has 37 heavy (non-hydrogen) atoms. The standard InChI is InChI=1S/C26H27F5N4OS/c1-13-10-32-7-6-16(13)22-18-9-19(26(29,30)31)21(17-5-4-14(27)8-20(17)28)24-23(18)35(25(36)33-22)12-15(37-24)11-34(2)3/h4-5,8-9,13,15-16,32H,6-7,10-12H2,1-3H3/t13-,15+,16?/m0/s1. The zero-order valence-corrected chi connectivity index (χ0v) is 21.4. The van der Waals surface area contributed by atoms with Crippen LogP contribution in [0.5, 0.6) is 0 Å². The van der Waals surface area contributed by atoms with Crippen LogP contribution >= 0.6 is 11.8 Å². The number of aromatic nitrogens is 2. The first-order chi connectivity index (χ1) is 17.5. The maximum Gasteiger partial charge on any atom is 0.417 e. The number of hydrogen-bond acceptors (Lipinski definition) is 5. The Bertz CT molecular complexity index is 1420. The zero-order valence-electron chi connectivity index (χ0n) is 20.6. The summed E-state index contributed by atoms with van der Waals surface area (Å²) in [4.78, 5) is 19.8. The van der Waals surface area contributed by atoms with E-state index in [4.69, 9.17) is 0 Å². The lowest BCUT2D eigenvalue weighted by Gasteiger charge is -2.34. The fourth-order valence-electron chi connectivity index (χ4n) is 5.51. The first kappa shape index (κ1) is 26.1. The van der Waals surface area contributed by atoms with Crippen LogP contribution in [0.2, 0.25) is 0 Å². The van der Waals surface area contributed by atoms with Crippen LogP contribution in [0.15, 0.2) is 34.0 Å². The predicted molar refractivity (Wildman–Crippen MR) is 134 cm³/mol. The molecule has 2 aliphatic heterocycles. The Morgan fingerprint density at radius 3 is 2.62 bits per heavy atom. The summed E-state index contributed by atoms with van der Waals surface area (Å²) < 4.78 is 74.1. The van der Waals surface area contributed by atoms with Crippen LogP contribution < -0.4 is 11.0 Å². The maximum atomic E-state index is 15.0. The number of rotatable bonds is 4. The Morgan fingerprint density at radius 1 is 1.22 bits per heavy atom. The first-order valence-corrected chi connectivity index (χ1v) is 13.0. The average Bonchev–Trinajstić information content (AvgIpc) is 2.80. The highest BCUT2D eigenvalue weighted by Gasteiger charge is 2.40. The van der Waals surface area contributed by atoms with Gasteiger partial charge in [0.25, 0.3) is 0 Å². The highest BCUT2D eigenvalue weighted by atomic mass is 32.2. The summed E-state index contributed by atoms with van der Waals surface area (Å²) in [6, 6.07) is 3.57. The molecular weight excluding hydrogens is 511 g/mol. The third-order valence-corrected chi connectivity index (χ3v) is 8.39. The lowest BCUT2D eigenvalue weighted by Crippen LogP contribution is -2.38. The monoisotopic (exact) mass is 538 g/mol. The van der Waals surface area contributed by atoms with Crippen molar-refractivity contribution in [1.82, 2.24) is 19.8 Å². The average molecular weight is 539 g/mol. The Morgan fingerprint density at radius 2 is 1.97 bits per heavy atom. The fraction of sp³-hybridized carbons (Fsp3) is 0.462. The summed E-state index contributed by atoms with van der Waals surface area (Å²) in [6.07, 6.45) is -4.19. The van der Waals surface area contributed by atoms with E-state index < -0.39 is 29.1 Å². The molecule has 1 aromatic heterocycles. The molecule has 0 aliphatic carbocycles. The molecule has 2 aromatic carbocycles. The van der Waals surface area contributed by atoms with Gasteiger partial charge in [-0.2, -0.15) is 18.2 Å². The Kier molecular flexibility index (Phi) is 6.82. The van der Waals surface area contributed by atoms with Gasteiger partial charge in [-0.1, -0.05) is 6.92 Å². The normalized spacial score (nSPS) is 22.1. The lowest BCUT2D eigenvalue weighted by atomic mass is 9.83. The van der Waals surface area contributed by atoms with Crippen LogP contribution in [0, 0.1) is 17.6 Å². The van der Waals surface area contributed by atoms with Crippen molar-refractivity contribution in [3.05, 3.63) is 57.6 Å². The van der Waals surface area contributed by atoms with Gasteiger partial charge in [0.1, 0.15) is 11.6 Å². The van der Waals surface area contributed by atoms with Crippen molar-refractivity contribution in [3.63, 3.8) is 0 Å². The molecule has 1 saturated heterocycles. The molecule has 1 fully saturated rings. The van der Waals surface area contributed by atoms with E-state index in [1.807, 2.05) is 25.9 Å². The molecule has 0 amide bonds. The van der Waals surface area contributed by atoms with Crippen LogP contribution in [-0.2, 0) is 12.7 Å². The van der Waals surface area contributed by atoms with Crippen molar-refractivity contribution < 1.29 is 22.0 Å². The largest absolute Gasteiger partial charge is 0.417 e. The third kappa shape index (κ3) is 4.77. The van der Waals surface area contributed by atoms with E-state index in [2.05, 4.69) is 10.3 Å². The second-order valence-corrected chi connectivity index (χ2v) is 11.4. The molecule has 0 spiro atoms. The quantitative estimate of drug-likeness (QED) is 0.468. The smallest absolute Gasteiger partial charge is 0.316 e. The van der Waals surface area contributed by atoms with Crippen molar-refractivity contribution in [2.75, 3.05) is 33.7 Å². The van der Waals surface area contributed by atoms with Gasteiger partial charge >= 0.3 is 11.9 Å². The highest BCUT2D eigenvalue weighted by Crippen LogP contribution is 2.50.